The molecule has 150 valence electrons. The van der Waals surface area contributed by atoms with Gasteiger partial charge in [-0.05, 0) is 17.7 Å². The molecule has 0 radical (unpaired) electrons. The van der Waals surface area contributed by atoms with Crippen LogP contribution in [0.15, 0.2) is 53.6 Å². The summed E-state index contributed by atoms with van der Waals surface area (Å²) in [6.45, 7) is 3.30. The minimum Gasteiger partial charge on any atom is -0.378 e. The van der Waals surface area contributed by atoms with Crippen molar-refractivity contribution in [3.05, 3.63) is 59.9 Å². The van der Waals surface area contributed by atoms with Gasteiger partial charge in [-0.25, -0.2) is 4.39 Å². The summed E-state index contributed by atoms with van der Waals surface area (Å²) in [5, 5.41) is 14.4. The first-order chi connectivity index (χ1) is 14.2. The van der Waals surface area contributed by atoms with E-state index in [2.05, 4.69) is 20.4 Å². The lowest BCUT2D eigenvalue weighted by molar-refractivity contribution is -0.118. The van der Waals surface area contributed by atoms with Crippen molar-refractivity contribution in [3.63, 3.8) is 0 Å². The number of nitrogens with one attached hydrogen (secondary N) is 1. The molecular formula is C21H21FN4O2S. The van der Waals surface area contributed by atoms with Gasteiger partial charge in [0.05, 0.1) is 19.0 Å². The van der Waals surface area contributed by atoms with Crippen LogP contribution < -0.4 is 10.2 Å². The van der Waals surface area contributed by atoms with Gasteiger partial charge in [-0.15, -0.1) is 10.2 Å². The van der Waals surface area contributed by atoms with Gasteiger partial charge in [-0.2, -0.15) is 0 Å². The first kappa shape index (κ1) is 19.6. The summed E-state index contributed by atoms with van der Waals surface area (Å²) in [5.74, 6) is 0.689. The van der Waals surface area contributed by atoms with Crippen LogP contribution in [0.5, 0.6) is 0 Å². The molecule has 1 aromatic heterocycles. The molecule has 1 saturated heterocycles. The fraction of sp³-hybridized carbons (Fsp3) is 0.286. The topological polar surface area (TPSA) is 67.4 Å². The van der Waals surface area contributed by atoms with Crippen molar-refractivity contribution < 1.29 is 13.9 Å². The molecule has 1 aliphatic rings. The maximum Gasteiger partial charge on any atom is 0.230 e. The highest BCUT2D eigenvalue weighted by atomic mass is 32.2. The number of hydrogen-bond acceptors (Lipinski definition) is 6. The molecule has 0 unspecified atom stereocenters. The van der Waals surface area contributed by atoms with Crippen molar-refractivity contribution in [2.24, 2.45) is 0 Å². The second-order valence-electron chi connectivity index (χ2n) is 6.67. The van der Waals surface area contributed by atoms with Gasteiger partial charge in [0.15, 0.2) is 5.82 Å². The third-order valence-electron chi connectivity index (χ3n) is 4.69. The number of anilines is 1. The highest BCUT2D eigenvalue weighted by molar-refractivity contribution is 8.00. The second-order valence-corrected chi connectivity index (χ2v) is 7.63. The summed E-state index contributed by atoms with van der Waals surface area (Å²) in [6, 6.07) is 14.1. The Morgan fingerprint density at radius 3 is 2.55 bits per heavy atom. The molecule has 29 heavy (non-hydrogen) atoms. The molecule has 1 fully saturated rings. The van der Waals surface area contributed by atoms with E-state index < -0.39 is 0 Å². The van der Waals surface area contributed by atoms with Gasteiger partial charge in [-0.1, -0.05) is 48.2 Å². The zero-order chi connectivity index (χ0) is 20.1. The first-order valence-corrected chi connectivity index (χ1v) is 10.4. The summed E-state index contributed by atoms with van der Waals surface area (Å²) < 4.78 is 18.4. The molecule has 1 N–H and O–H groups in total. The zero-order valence-electron chi connectivity index (χ0n) is 15.8. The fourth-order valence-corrected chi connectivity index (χ4v) is 3.97. The molecule has 2 aromatic carbocycles. The van der Waals surface area contributed by atoms with E-state index in [1.165, 1.54) is 23.9 Å². The number of thioether (sulfide) groups is 1. The number of halogens is 1. The van der Waals surface area contributed by atoms with Gasteiger partial charge >= 0.3 is 0 Å². The molecule has 2 heterocycles. The van der Waals surface area contributed by atoms with Gasteiger partial charge in [0.25, 0.3) is 0 Å². The third kappa shape index (κ3) is 4.83. The van der Waals surface area contributed by atoms with Crippen LogP contribution >= 0.6 is 11.8 Å². The number of carbonyl (C=O) groups is 1. The second kappa shape index (κ2) is 9.19. The quantitative estimate of drug-likeness (QED) is 0.628. The first-order valence-electron chi connectivity index (χ1n) is 9.43. The summed E-state index contributed by atoms with van der Waals surface area (Å²) in [6.07, 6.45) is 0. The van der Waals surface area contributed by atoms with E-state index in [4.69, 9.17) is 4.74 Å². The number of morpholine rings is 1. The molecule has 6 nitrogen and oxygen atoms in total. The van der Waals surface area contributed by atoms with E-state index in [0.29, 0.717) is 19.8 Å². The van der Waals surface area contributed by atoms with Gasteiger partial charge < -0.3 is 15.0 Å². The Morgan fingerprint density at radius 2 is 1.79 bits per heavy atom. The monoisotopic (exact) mass is 412 g/mol. The van der Waals surface area contributed by atoms with Crippen LogP contribution in [0.3, 0.4) is 0 Å². The normalized spacial score (nSPS) is 14.2. The number of fused-ring (bicyclic) bond motifs is 1. The van der Waals surface area contributed by atoms with E-state index in [-0.39, 0.29) is 17.5 Å². The van der Waals surface area contributed by atoms with Crippen LogP contribution in [0.4, 0.5) is 10.2 Å². The van der Waals surface area contributed by atoms with Gasteiger partial charge in [0.2, 0.25) is 5.91 Å². The lowest BCUT2D eigenvalue weighted by Gasteiger charge is -2.28. The Hall–Kier alpha value is -2.71. The molecule has 8 heteroatoms. The Morgan fingerprint density at radius 1 is 1.07 bits per heavy atom. The van der Waals surface area contributed by atoms with Crippen molar-refractivity contribution in [3.8, 4) is 0 Å². The molecule has 4 rings (SSSR count). The standard InChI is InChI=1S/C21H21FN4O2S/c22-16-7-5-15(6-8-16)13-23-19(27)14-29-21-18-4-2-1-3-17(18)20(24-25-21)26-9-11-28-12-10-26/h1-8H,9-14H2,(H,23,27). The van der Waals surface area contributed by atoms with Crippen molar-refractivity contribution in [1.29, 1.82) is 0 Å². The third-order valence-corrected chi connectivity index (χ3v) is 5.67. The Bertz CT molecular complexity index is 994. The van der Waals surface area contributed by atoms with Crippen molar-refractivity contribution >= 4 is 34.3 Å². The van der Waals surface area contributed by atoms with Crippen LogP contribution in [0.1, 0.15) is 5.56 Å². The van der Waals surface area contributed by atoms with E-state index in [1.807, 2.05) is 24.3 Å². The van der Waals surface area contributed by atoms with Crippen molar-refractivity contribution in [2.45, 2.75) is 11.6 Å². The minimum atomic E-state index is -0.290. The Labute approximate surface area is 172 Å². The summed E-state index contributed by atoms with van der Waals surface area (Å²) >= 11 is 1.36. The van der Waals surface area contributed by atoms with Crippen LogP contribution in [-0.2, 0) is 16.1 Å². The number of nitrogens with zero attached hydrogens (tertiary/aromatic N) is 3. The molecule has 0 aliphatic carbocycles. The number of aromatic nitrogens is 2. The van der Waals surface area contributed by atoms with Gasteiger partial charge in [0.1, 0.15) is 10.8 Å². The summed E-state index contributed by atoms with van der Waals surface area (Å²) in [5.41, 5.74) is 0.852. The number of rotatable bonds is 6. The largest absolute Gasteiger partial charge is 0.378 e. The molecular weight excluding hydrogens is 391 g/mol. The van der Waals surface area contributed by atoms with Crippen molar-refractivity contribution in [1.82, 2.24) is 15.5 Å². The predicted octanol–water partition coefficient (Wildman–Crippen LogP) is 3.01. The van der Waals surface area contributed by atoms with Crippen LogP contribution in [-0.4, -0.2) is 48.2 Å². The number of carbonyl (C=O) groups excluding carboxylic acids is 1. The highest BCUT2D eigenvalue weighted by Gasteiger charge is 2.18. The lowest BCUT2D eigenvalue weighted by atomic mass is 10.2. The van der Waals surface area contributed by atoms with Crippen molar-refractivity contribution in [2.75, 3.05) is 37.0 Å². The zero-order valence-corrected chi connectivity index (χ0v) is 16.6. The maximum absolute atomic E-state index is 13.0. The molecule has 0 spiro atoms. The molecule has 0 atom stereocenters. The smallest absolute Gasteiger partial charge is 0.230 e. The molecule has 1 aliphatic heterocycles. The SMILES string of the molecule is O=C(CSc1nnc(N2CCOCC2)c2ccccc12)NCc1ccc(F)cc1. The minimum absolute atomic E-state index is 0.109. The average molecular weight is 412 g/mol. The summed E-state index contributed by atoms with van der Waals surface area (Å²) in [7, 11) is 0. The number of amides is 1. The number of benzene rings is 2. The molecule has 0 bridgehead atoms. The van der Waals surface area contributed by atoms with Gasteiger partial charge in [-0.3, -0.25) is 4.79 Å². The fourth-order valence-electron chi connectivity index (χ4n) is 3.17. The molecule has 1 amide bonds. The molecule has 0 saturated carbocycles. The van der Waals surface area contributed by atoms with Crippen LogP contribution in [0.2, 0.25) is 0 Å². The predicted molar refractivity (Wildman–Crippen MR) is 112 cm³/mol. The average Bonchev–Trinajstić information content (AvgIpc) is 2.77. The van der Waals surface area contributed by atoms with E-state index in [1.54, 1.807) is 12.1 Å². The summed E-state index contributed by atoms with van der Waals surface area (Å²) in [4.78, 5) is 14.4. The van der Waals surface area contributed by atoms with E-state index >= 15 is 0 Å². The van der Waals surface area contributed by atoms with Gasteiger partial charge in [0, 0.05) is 30.4 Å². The van der Waals surface area contributed by atoms with E-state index in [0.717, 1.165) is 40.3 Å². The number of ether oxygens (including phenoxy) is 1. The lowest BCUT2D eigenvalue weighted by Crippen LogP contribution is -2.37. The Balaban J connectivity index is 1.42. The van der Waals surface area contributed by atoms with Crippen LogP contribution in [0, 0.1) is 5.82 Å². The molecule has 3 aromatic rings. The Kier molecular flexibility index (Phi) is 6.21. The number of hydrogen-bond donors (Lipinski definition) is 1. The maximum atomic E-state index is 13.0. The van der Waals surface area contributed by atoms with E-state index in [9.17, 15) is 9.18 Å². The highest BCUT2D eigenvalue weighted by Crippen LogP contribution is 2.31. The van der Waals surface area contributed by atoms with Crippen LogP contribution in [0.25, 0.3) is 10.8 Å².